The maximum absolute atomic E-state index is 12.7. The second-order valence-corrected chi connectivity index (χ2v) is 5.99. The molecule has 1 N–H and O–H groups in total. The third-order valence-electron chi connectivity index (χ3n) is 4.28. The first-order valence-electron chi connectivity index (χ1n) is 8.26. The largest absolute Gasteiger partial charge is 0.378 e. The number of H-pyrrole nitrogens is 1. The fourth-order valence-corrected chi connectivity index (χ4v) is 3.08. The van der Waals surface area contributed by atoms with Gasteiger partial charge in [0.25, 0.3) is 5.91 Å². The van der Waals surface area contributed by atoms with Crippen molar-refractivity contribution in [2.75, 3.05) is 19.7 Å². The van der Waals surface area contributed by atoms with E-state index < -0.39 is 0 Å². The summed E-state index contributed by atoms with van der Waals surface area (Å²) in [5.74, 6) is 0.104. The van der Waals surface area contributed by atoms with E-state index in [0.717, 1.165) is 56.3 Å². The van der Waals surface area contributed by atoms with Crippen molar-refractivity contribution in [1.29, 1.82) is 0 Å². The summed E-state index contributed by atoms with van der Waals surface area (Å²) in [6.45, 7) is 4.55. The Morgan fingerprint density at radius 1 is 1.32 bits per heavy atom. The maximum Gasteiger partial charge on any atom is 0.270 e. The zero-order valence-corrected chi connectivity index (χ0v) is 13.2. The number of likely N-dealkylation sites (tertiary alicyclic amines) is 1. The number of hydrogen-bond acceptors (Lipinski definition) is 2. The molecule has 0 spiro atoms. The van der Waals surface area contributed by atoms with Crippen molar-refractivity contribution >= 4 is 16.8 Å². The average Bonchev–Trinajstić information content (AvgIpc) is 2.84. The van der Waals surface area contributed by atoms with Crippen molar-refractivity contribution in [2.45, 2.75) is 38.7 Å². The summed E-state index contributed by atoms with van der Waals surface area (Å²) >= 11 is 0. The van der Waals surface area contributed by atoms with Gasteiger partial charge >= 0.3 is 0 Å². The molecule has 0 radical (unpaired) electrons. The second-order valence-electron chi connectivity index (χ2n) is 5.99. The van der Waals surface area contributed by atoms with Gasteiger partial charge in [-0.15, -0.1) is 0 Å². The predicted octanol–water partition coefficient (Wildman–Crippen LogP) is 3.59. The van der Waals surface area contributed by atoms with Crippen LogP contribution in [0.3, 0.4) is 0 Å². The number of fused-ring (bicyclic) bond motifs is 1. The normalized spacial score (nSPS) is 19.3. The number of aromatic amines is 1. The standard InChI is InChI=1S/C18H24N2O2/c1-2-12-22-15-7-5-10-20(11-9-15)18(21)17-13-14-6-3-4-8-16(14)19-17/h3-4,6,8,13,15,19H,2,5,7,9-12H2,1H3/t15-/m1/s1. The van der Waals surface area contributed by atoms with Crippen molar-refractivity contribution in [3.63, 3.8) is 0 Å². The molecule has 1 atom stereocenters. The number of ether oxygens (including phenoxy) is 1. The Bertz CT molecular complexity index is 602. The van der Waals surface area contributed by atoms with Crippen molar-refractivity contribution in [3.8, 4) is 0 Å². The van der Waals surface area contributed by atoms with E-state index in [9.17, 15) is 4.79 Å². The van der Waals surface area contributed by atoms with Crippen LogP contribution in [-0.2, 0) is 4.74 Å². The molecule has 1 fully saturated rings. The molecule has 1 aromatic carbocycles. The lowest BCUT2D eigenvalue weighted by atomic mass is 10.2. The highest BCUT2D eigenvalue weighted by molar-refractivity contribution is 5.98. The number of hydrogen-bond donors (Lipinski definition) is 1. The molecular weight excluding hydrogens is 276 g/mol. The fourth-order valence-electron chi connectivity index (χ4n) is 3.08. The average molecular weight is 300 g/mol. The number of carbonyl (C=O) groups excluding carboxylic acids is 1. The Hall–Kier alpha value is -1.81. The maximum atomic E-state index is 12.7. The quantitative estimate of drug-likeness (QED) is 0.938. The molecule has 1 amide bonds. The molecule has 118 valence electrons. The van der Waals surface area contributed by atoms with E-state index in [0.29, 0.717) is 11.8 Å². The van der Waals surface area contributed by atoms with Crippen LogP contribution in [0.4, 0.5) is 0 Å². The molecule has 2 heterocycles. The lowest BCUT2D eigenvalue weighted by Crippen LogP contribution is -2.32. The second kappa shape index (κ2) is 6.97. The zero-order chi connectivity index (χ0) is 15.4. The van der Waals surface area contributed by atoms with Gasteiger partial charge in [0.2, 0.25) is 0 Å². The van der Waals surface area contributed by atoms with Crippen LogP contribution in [0.2, 0.25) is 0 Å². The highest BCUT2D eigenvalue weighted by Crippen LogP contribution is 2.19. The molecule has 0 saturated carbocycles. The molecule has 1 aromatic heterocycles. The highest BCUT2D eigenvalue weighted by Gasteiger charge is 2.22. The van der Waals surface area contributed by atoms with E-state index in [1.54, 1.807) is 0 Å². The molecule has 1 aliphatic heterocycles. The molecule has 4 nitrogen and oxygen atoms in total. The van der Waals surface area contributed by atoms with E-state index in [4.69, 9.17) is 4.74 Å². The summed E-state index contributed by atoms with van der Waals surface area (Å²) < 4.78 is 5.85. The lowest BCUT2D eigenvalue weighted by molar-refractivity contribution is 0.0432. The van der Waals surface area contributed by atoms with Gasteiger partial charge in [0.15, 0.2) is 0 Å². The van der Waals surface area contributed by atoms with Crippen LogP contribution < -0.4 is 0 Å². The van der Waals surface area contributed by atoms with E-state index in [1.807, 2.05) is 35.2 Å². The SMILES string of the molecule is CCCO[C@@H]1CCCN(C(=O)c2cc3ccccc3[nH]2)CC1. The topological polar surface area (TPSA) is 45.3 Å². The van der Waals surface area contributed by atoms with Crippen LogP contribution in [0.1, 0.15) is 43.1 Å². The van der Waals surface area contributed by atoms with E-state index in [2.05, 4.69) is 11.9 Å². The van der Waals surface area contributed by atoms with Crippen LogP contribution in [0.25, 0.3) is 10.9 Å². The molecule has 0 aliphatic carbocycles. The number of nitrogens with one attached hydrogen (secondary N) is 1. The van der Waals surface area contributed by atoms with E-state index in [-0.39, 0.29) is 5.91 Å². The van der Waals surface area contributed by atoms with Crippen LogP contribution in [-0.4, -0.2) is 41.6 Å². The highest BCUT2D eigenvalue weighted by atomic mass is 16.5. The third-order valence-corrected chi connectivity index (χ3v) is 4.28. The molecule has 0 unspecified atom stereocenters. The van der Waals surface area contributed by atoms with Crippen molar-refractivity contribution in [2.24, 2.45) is 0 Å². The van der Waals surface area contributed by atoms with E-state index in [1.165, 1.54) is 0 Å². The number of nitrogens with zero attached hydrogens (tertiary/aromatic N) is 1. The number of aromatic nitrogens is 1. The summed E-state index contributed by atoms with van der Waals surface area (Å²) in [6.07, 6.45) is 4.36. The Labute approximate surface area is 131 Å². The summed E-state index contributed by atoms with van der Waals surface area (Å²) in [6, 6.07) is 9.96. The van der Waals surface area contributed by atoms with Crippen LogP contribution in [0, 0.1) is 0 Å². The molecule has 3 rings (SSSR count). The van der Waals surface area contributed by atoms with Crippen molar-refractivity contribution in [3.05, 3.63) is 36.0 Å². The fraction of sp³-hybridized carbons (Fsp3) is 0.500. The van der Waals surface area contributed by atoms with Gasteiger partial charge in [0, 0.05) is 30.6 Å². The van der Waals surface area contributed by atoms with Gasteiger partial charge < -0.3 is 14.6 Å². The van der Waals surface area contributed by atoms with Crippen LogP contribution in [0.15, 0.2) is 30.3 Å². The Morgan fingerprint density at radius 2 is 2.18 bits per heavy atom. The van der Waals surface area contributed by atoms with Gasteiger partial charge in [0.1, 0.15) is 5.69 Å². The smallest absolute Gasteiger partial charge is 0.270 e. The molecule has 0 bridgehead atoms. The first-order chi connectivity index (χ1) is 10.8. The molecule has 1 saturated heterocycles. The molecule has 22 heavy (non-hydrogen) atoms. The summed E-state index contributed by atoms with van der Waals surface area (Å²) in [4.78, 5) is 17.9. The first kappa shape index (κ1) is 15.1. The molecule has 4 heteroatoms. The van der Waals surface area contributed by atoms with Crippen LogP contribution in [0.5, 0.6) is 0 Å². The van der Waals surface area contributed by atoms with Crippen molar-refractivity contribution < 1.29 is 9.53 Å². The minimum atomic E-state index is 0.104. The number of para-hydroxylation sites is 1. The van der Waals surface area contributed by atoms with Gasteiger partial charge in [0.05, 0.1) is 6.10 Å². The number of amides is 1. The Morgan fingerprint density at radius 3 is 3.00 bits per heavy atom. The summed E-state index contributed by atoms with van der Waals surface area (Å²) in [7, 11) is 0. The van der Waals surface area contributed by atoms with Gasteiger partial charge in [-0.3, -0.25) is 4.79 Å². The van der Waals surface area contributed by atoms with Crippen LogP contribution >= 0.6 is 0 Å². The monoisotopic (exact) mass is 300 g/mol. The molecule has 2 aromatic rings. The van der Waals surface area contributed by atoms with Gasteiger partial charge in [-0.2, -0.15) is 0 Å². The third kappa shape index (κ3) is 3.33. The van der Waals surface area contributed by atoms with Gasteiger partial charge in [-0.25, -0.2) is 0 Å². The lowest BCUT2D eigenvalue weighted by Gasteiger charge is -2.20. The number of benzene rings is 1. The van der Waals surface area contributed by atoms with Crippen molar-refractivity contribution in [1.82, 2.24) is 9.88 Å². The molecular formula is C18H24N2O2. The van der Waals surface area contributed by atoms with Gasteiger partial charge in [-0.1, -0.05) is 25.1 Å². The minimum absolute atomic E-state index is 0.104. The minimum Gasteiger partial charge on any atom is -0.378 e. The predicted molar refractivity (Wildman–Crippen MR) is 88.1 cm³/mol. The first-order valence-corrected chi connectivity index (χ1v) is 8.26. The Balaban J connectivity index is 1.67. The van der Waals surface area contributed by atoms with Gasteiger partial charge in [-0.05, 0) is 37.8 Å². The number of carbonyl (C=O) groups is 1. The molecule has 1 aliphatic rings. The summed E-state index contributed by atoms with van der Waals surface area (Å²) in [5.41, 5.74) is 1.71. The summed E-state index contributed by atoms with van der Waals surface area (Å²) in [5, 5.41) is 1.09. The number of rotatable bonds is 4. The Kier molecular flexibility index (Phi) is 4.78. The zero-order valence-electron chi connectivity index (χ0n) is 13.2. The van der Waals surface area contributed by atoms with E-state index >= 15 is 0 Å².